The van der Waals surface area contributed by atoms with Crippen molar-refractivity contribution in [1.82, 2.24) is 9.97 Å². The van der Waals surface area contributed by atoms with Gasteiger partial charge in [-0.1, -0.05) is 18.2 Å². The summed E-state index contributed by atoms with van der Waals surface area (Å²) in [6.45, 7) is 2.06. The summed E-state index contributed by atoms with van der Waals surface area (Å²) in [6.07, 6.45) is 5.84. The van der Waals surface area contributed by atoms with E-state index in [2.05, 4.69) is 67.7 Å². The molecule has 33 heavy (non-hydrogen) atoms. The highest BCUT2D eigenvalue weighted by atomic mass is 15.1. The summed E-state index contributed by atoms with van der Waals surface area (Å²) in [5, 5.41) is 6.49. The summed E-state index contributed by atoms with van der Waals surface area (Å²) in [7, 11) is 7.89. The van der Waals surface area contributed by atoms with E-state index in [9.17, 15) is 0 Å². The summed E-state index contributed by atoms with van der Waals surface area (Å²) in [5.41, 5.74) is 15.9. The van der Waals surface area contributed by atoms with Crippen LogP contribution in [-0.4, -0.2) is 43.9 Å². The molecule has 0 unspecified atom stereocenters. The third kappa shape index (κ3) is 4.87. The minimum Gasteiger partial charge on any atom is -0.388 e. The first-order valence-electron chi connectivity index (χ1n) is 10.8. The van der Waals surface area contributed by atoms with Crippen LogP contribution in [0, 0.1) is 6.92 Å². The van der Waals surface area contributed by atoms with Gasteiger partial charge >= 0.3 is 0 Å². The van der Waals surface area contributed by atoms with E-state index in [0.29, 0.717) is 0 Å². The SMILES string of the molecule is CNc1cc(N(C)C)ccc1C1=NC/1=C/C=C\c1cc(-c2ccc(C)cc2NC)nc(N)n1. The van der Waals surface area contributed by atoms with Gasteiger partial charge in [0.15, 0.2) is 0 Å². The standard InChI is InChI=1S/C26H29N7/c1-16-9-11-19(22(13-16)28-2)24-14-17(30-26(27)32-24)7-6-8-21-25(31-21)20-12-10-18(33(4)5)15-23(20)29-3/h6-15,28-29H,1-5H3,(H2,27,30,32)/b7-6-,21-8+. The van der Waals surface area contributed by atoms with Crippen LogP contribution in [0.15, 0.2) is 65.3 Å². The Morgan fingerprint density at radius 3 is 2.36 bits per heavy atom. The molecule has 7 nitrogen and oxygen atoms in total. The van der Waals surface area contributed by atoms with Gasteiger partial charge < -0.3 is 21.3 Å². The quantitative estimate of drug-likeness (QED) is 0.499. The Kier molecular flexibility index (Phi) is 6.13. The van der Waals surface area contributed by atoms with Gasteiger partial charge in [-0.25, -0.2) is 15.0 Å². The molecule has 0 atom stereocenters. The second-order valence-electron chi connectivity index (χ2n) is 8.08. The number of anilines is 4. The number of benzene rings is 2. The number of aryl methyl sites for hydroxylation is 1. The average molecular weight is 440 g/mol. The van der Waals surface area contributed by atoms with E-state index in [4.69, 9.17) is 5.73 Å². The molecule has 1 aromatic heterocycles. The van der Waals surface area contributed by atoms with Gasteiger partial charge in [0.2, 0.25) is 5.95 Å². The molecule has 0 bridgehead atoms. The molecule has 0 saturated heterocycles. The molecule has 0 aliphatic carbocycles. The highest BCUT2D eigenvalue weighted by Crippen LogP contribution is 2.32. The Balaban J connectivity index is 1.54. The molecule has 4 rings (SSSR count). The van der Waals surface area contributed by atoms with E-state index in [1.807, 2.05) is 58.6 Å². The van der Waals surface area contributed by atoms with E-state index in [1.165, 1.54) is 5.56 Å². The Hall–Kier alpha value is -4.13. The van der Waals surface area contributed by atoms with Gasteiger partial charge in [-0.3, -0.25) is 0 Å². The topological polar surface area (TPSA) is 91.5 Å². The van der Waals surface area contributed by atoms with E-state index in [-0.39, 0.29) is 5.95 Å². The second kappa shape index (κ2) is 9.16. The lowest BCUT2D eigenvalue weighted by atomic mass is 10.1. The lowest BCUT2D eigenvalue weighted by Gasteiger charge is -2.15. The number of hydrogen-bond donors (Lipinski definition) is 3. The molecule has 3 aromatic rings. The van der Waals surface area contributed by atoms with Crippen molar-refractivity contribution in [2.24, 2.45) is 4.99 Å². The first-order valence-corrected chi connectivity index (χ1v) is 10.8. The Morgan fingerprint density at radius 2 is 1.64 bits per heavy atom. The van der Waals surface area contributed by atoms with Crippen molar-refractivity contribution < 1.29 is 0 Å². The maximum absolute atomic E-state index is 6.00. The number of allylic oxidation sites excluding steroid dienone is 3. The van der Waals surface area contributed by atoms with Gasteiger partial charge in [-0.15, -0.1) is 0 Å². The first-order chi connectivity index (χ1) is 15.9. The highest BCUT2D eigenvalue weighted by Gasteiger charge is 2.23. The number of nitrogens with zero attached hydrogens (tertiary/aromatic N) is 4. The van der Waals surface area contributed by atoms with Gasteiger partial charge in [0, 0.05) is 56.4 Å². The number of aromatic nitrogens is 2. The summed E-state index contributed by atoms with van der Waals surface area (Å²) in [4.78, 5) is 15.4. The van der Waals surface area contributed by atoms with E-state index in [0.717, 1.165) is 51.0 Å². The van der Waals surface area contributed by atoms with Crippen LogP contribution in [0.3, 0.4) is 0 Å². The monoisotopic (exact) mass is 439 g/mol. The Morgan fingerprint density at radius 1 is 0.909 bits per heavy atom. The molecular formula is C26H29N7. The fourth-order valence-corrected chi connectivity index (χ4v) is 3.67. The van der Waals surface area contributed by atoms with Crippen LogP contribution in [0.2, 0.25) is 0 Å². The number of nitrogens with two attached hydrogens (primary N) is 1. The minimum atomic E-state index is 0.241. The lowest BCUT2D eigenvalue weighted by Crippen LogP contribution is -2.09. The molecule has 0 fully saturated rings. The minimum absolute atomic E-state index is 0.241. The highest BCUT2D eigenvalue weighted by molar-refractivity contribution is 6.25. The summed E-state index contributed by atoms with van der Waals surface area (Å²) < 4.78 is 0. The molecule has 0 amide bonds. The number of aliphatic imine (C=N–C) groups is 1. The molecule has 0 spiro atoms. The van der Waals surface area contributed by atoms with Crippen LogP contribution >= 0.6 is 0 Å². The predicted octanol–water partition coefficient (Wildman–Crippen LogP) is 4.58. The van der Waals surface area contributed by atoms with Crippen LogP contribution in [0.1, 0.15) is 16.8 Å². The smallest absolute Gasteiger partial charge is 0.221 e. The molecule has 0 saturated carbocycles. The molecule has 2 aromatic carbocycles. The molecule has 1 aliphatic rings. The predicted molar refractivity (Wildman–Crippen MR) is 140 cm³/mol. The Labute approximate surface area is 194 Å². The van der Waals surface area contributed by atoms with Crippen molar-refractivity contribution in [3.05, 3.63) is 77.1 Å². The third-order valence-electron chi connectivity index (χ3n) is 5.47. The molecular weight excluding hydrogens is 410 g/mol. The molecule has 1 aliphatic heterocycles. The van der Waals surface area contributed by atoms with Crippen LogP contribution < -0.4 is 21.3 Å². The molecule has 2 heterocycles. The zero-order valence-electron chi connectivity index (χ0n) is 19.6. The summed E-state index contributed by atoms with van der Waals surface area (Å²) in [6, 6.07) is 14.4. The van der Waals surface area contributed by atoms with E-state index in [1.54, 1.807) is 0 Å². The fraction of sp³-hybridized carbons (Fsp3) is 0.192. The normalized spacial score (nSPS) is 13.8. The van der Waals surface area contributed by atoms with Crippen molar-refractivity contribution in [2.45, 2.75) is 6.92 Å². The van der Waals surface area contributed by atoms with E-state index < -0.39 is 0 Å². The van der Waals surface area contributed by atoms with Gasteiger partial charge in [0.1, 0.15) is 0 Å². The maximum Gasteiger partial charge on any atom is 0.221 e. The van der Waals surface area contributed by atoms with Crippen molar-refractivity contribution in [3.8, 4) is 11.3 Å². The summed E-state index contributed by atoms with van der Waals surface area (Å²) >= 11 is 0. The van der Waals surface area contributed by atoms with Gasteiger partial charge in [0.25, 0.3) is 0 Å². The maximum atomic E-state index is 6.00. The third-order valence-corrected chi connectivity index (χ3v) is 5.47. The van der Waals surface area contributed by atoms with Crippen LogP contribution in [0.5, 0.6) is 0 Å². The number of rotatable bonds is 7. The first kappa shape index (κ1) is 22.1. The summed E-state index contributed by atoms with van der Waals surface area (Å²) in [5.74, 6) is 0.241. The largest absolute Gasteiger partial charge is 0.388 e. The van der Waals surface area contributed by atoms with Crippen LogP contribution in [0.4, 0.5) is 23.0 Å². The Bertz CT molecular complexity index is 1290. The van der Waals surface area contributed by atoms with Crippen molar-refractivity contribution in [3.63, 3.8) is 0 Å². The van der Waals surface area contributed by atoms with Gasteiger partial charge in [-0.2, -0.15) is 0 Å². The average Bonchev–Trinajstić information content (AvgIpc) is 3.57. The zero-order valence-corrected chi connectivity index (χ0v) is 19.6. The molecule has 0 radical (unpaired) electrons. The number of nitrogen functional groups attached to an aromatic ring is 1. The molecule has 7 heteroatoms. The van der Waals surface area contributed by atoms with Crippen molar-refractivity contribution >= 4 is 34.8 Å². The fourth-order valence-electron chi connectivity index (χ4n) is 3.67. The number of hydrogen-bond acceptors (Lipinski definition) is 7. The molecule has 4 N–H and O–H groups in total. The van der Waals surface area contributed by atoms with Crippen LogP contribution in [-0.2, 0) is 0 Å². The lowest BCUT2D eigenvalue weighted by molar-refractivity contribution is 1.13. The number of nitrogens with one attached hydrogen (secondary N) is 2. The van der Waals surface area contributed by atoms with Gasteiger partial charge in [-0.05, 0) is 55.0 Å². The van der Waals surface area contributed by atoms with E-state index >= 15 is 0 Å². The second-order valence-corrected chi connectivity index (χ2v) is 8.08. The molecule has 168 valence electrons. The van der Waals surface area contributed by atoms with Crippen LogP contribution in [0.25, 0.3) is 17.3 Å². The zero-order chi connectivity index (χ0) is 23.5. The van der Waals surface area contributed by atoms with Gasteiger partial charge in [0.05, 0.1) is 22.8 Å². The van der Waals surface area contributed by atoms with Crippen molar-refractivity contribution in [2.75, 3.05) is 49.5 Å². The van der Waals surface area contributed by atoms with Crippen molar-refractivity contribution in [1.29, 1.82) is 0 Å².